The molecule has 2 aliphatic rings. The number of hydrogen-bond donors (Lipinski definition) is 0. The fraction of sp³-hybridized carbons (Fsp3) is 0.381. The van der Waals surface area contributed by atoms with E-state index in [4.69, 9.17) is 9.47 Å². The molecule has 0 unspecified atom stereocenters. The minimum absolute atomic E-state index is 0.170. The van der Waals surface area contributed by atoms with Gasteiger partial charge in [-0.3, -0.25) is 4.79 Å². The van der Waals surface area contributed by atoms with Crippen LogP contribution in [0, 0.1) is 0 Å². The predicted molar refractivity (Wildman–Crippen MR) is 109 cm³/mol. The summed E-state index contributed by atoms with van der Waals surface area (Å²) in [5, 5.41) is 0. The van der Waals surface area contributed by atoms with Crippen molar-refractivity contribution in [2.24, 2.45) is 0 Å². The molecule has 0 bridgehead atoms. The van der Waals surface area contributed by atoms with Gasteiger partial charge < -0.3 is 14.4 Å². The van der Waals surface area contributed by atoms with Crippen molar-refractivity contribution in [2.45, 2.75) is 24.2 Å². The smallest absolute Gasteiger partial charge is 0.258 e. The normalized spacial score (nSPS) is 16.7. The Morgan fingerprint density at radius 3 is 2.21 bits per heavy atom. The van der Waals surface area contributed by atoms with Gasteiger partial charge in [-0.1, -0.05) is 0 Å². The van der Waals surface area contributed by atoms with Gasteiger partial charge in [-0.05, 0) is 55.2 Å². The molecule has 154 valence electrons. The van der Waals surface area contributed by atoms with E-state index in [1.54, 1.807) is 41.3 Å². The summed E-state index contributed by atoms with van der Waals surface area (Å²) in [5.74, 6) is 0.912. The molecule has 0 spiro atoms. The van der Waals surface area contributed by atoms with E-state index in [0.29, 0.717) is 48.0 Å². The highest BCUT2D eigenvalue weighted by atomic mass is 32.2. The van der Waals surface area contributed by atoms with E-state index in [0.717, 1.165) is 24.1 Å². The lowest BCUT2D eigenvalue weighted by Gasteiger charge is -2.19. The van der Waals surface area contributed by atoms with Crippen molar-refractivity contribution in [3.63, 3.8) is 0 Å². The zero-order valence-corrected chi connectivity index (χ0v) is 17.4. The summed E-state index contributed by atoms with van der Waals surface area (Å²) in [6.07, 6.45) is 2.42. The minimum atomic E-state index is -3.47. The van der Waals surface area contributed by atoms with Gasteiger partial charge in [0.15, 0.2) is 0 Å². The molecular weight excluding hydrogens is 392 g/mol. The summed E-state index contributed by atoms with van der Waals surface area (Å²) in [4.78, 5) is 15.1. The third-order valence-corrected chi connectivity index (χ3v) is 7.39. The molecule has 2 aliphatic heterocycles. The number of ether oxygens (including phenoxy) is 2. The van der Waals surface area contributed by atoms with Crippen LogP contribution in [0.4, 0.5) is 5.69 Å². The Morgan fingerprint density at radius 2 is 1.59 bits per heavy atom. The maximum Gasteiger partial charge on any atom is 0.258 e. The first-order valence-corrected chi connectivity index (χ1v) is 11.1. The van der Waals surface area contributed by atoms with Crippen molar-refractivity contribution in [3.05, 3.63) is 47.5 Å². The van der Waals surface area contributed by atoms with Crippen molar-refractivity contribution in [1.29, 1.82) is 0 Å². The maximum atomic E-state index is 13.1. The lowest BCUT2D eigenvalue weighted by atomic mass is 10.1. The van der Waals surface area contributed by atoms with Crippen LogP contribution in [-0.4, -0.2) is 52.5 Å². The van der Waals surface area contributed by atoms with E-state index in [-0.39, 0.29) is 5.91 Å². The quantitative estimate of drug-likeness (QED) is 0.749. The molecule has 1 fully saturated rings. The minimum Gasteiger partial charge on any atom is -0.497 e. The second-order valence-corrected chi connectivity index (χ2v) is 9.15. The Bertz CT molecular complexity index is 1020. The molecule has 0 aliphatic carbocycles. The Labute approximate surface area is 170 Å². The fourth-order valence-electron chi connectivity index (χ4n) is 3.91. The Kier molecular flexibility index (Phi) is 5.23. The molecule has 0 aromatic heterocycles. The van der Waals surface area contributed by atoms with Gasteiger partial charge in [0.1, 0.15) is 11.5 Å². The number of amides is 1. The molecule has 0 radical (unpaired) electrons. The Hall–Kier alpha value is -2.58. The molecule has 0 saturated carbocycles. The highest BCUT2D eigenvalue weighted by Gasteiger charge is 2.31. The fourth-order valence-corrected chi connectivity index (χ4v) is 5.48. The lowest BCUT2D eigenvalue weighted by molar-refractivity contribution is 0.0988. The summed E-state index contributed by atoms with van der Waals surface area (Å²) >= 11 is 0. The van der Waals surface area contributed by atoms with E-state index >= 15 is 0 Å². The zero-order valence-electron chi connectivity index (χ0n) is 16.6. The predicted octanol–water partition coefficient (Wildman–Crippen LogP) is 2.69. The lowest BCUT2D eigenvalue weighted by Crippen LogP contribution is -2.29. The van der Waals surface area contributed by atoms with Crippen molar-refractivity contribution < 1.29 is 22.7 Å². The Morgan fingerprint density at radius 1 is 0.931 bits per heavy atom. The van der Waals surface area contributed by atoms with Crippen LogP contribution in [0.5, 0.6) is 11.5 Å². The van der Waals surface area contributed by atoms with Crippen LogP contribution in [0.15, 0.2) is 41.3 Å². The average Bonchev–Trinajstić information content (AvgIpc) is 3.42. The molecule has 0 atom stereocenters. The van der Waals surface area contributed by atoms with Crippen molar-refractivity contribution in [1.82, 2.24) is 4.31 Å². The first kappa shape index (κ1) is 19.7. The molecule has 7 nitrogen and oxygen atoms in total. The van der Waals surface area contributed by atoms with Crippen LogP contribution in [0.25, 0.3) is 0 Å². The average molecular weight is 416 g/mol. The number of fused-ring (bicyclic) bond motifs is 1. The summed E-state index contributed by atoms with van der Waals surface area (Å²) in [5.41, 5.74) is 2.08. The van der Waals surface area contributed by atoms with Gasteiger partial charge in [0.05, 0.1) is 19.1 Å². The molecule has 2 aromatic rings. The van der Waals surface area contributed by atoms with Gasteiger partial charge in [0.25, 0.3) is 5.91 Å². The second kappa shape index (κ2) is 7.68. The van der Waals surface area contributed by atoms with E-state index in [9.17, 15) is 13.2 Å². The van der Waals surface area contributed by atoms with Gasteiger partial charge >= 0.3 is 0 Å². The summed E-state index contributed by atoms with van der Waals surface area (Å²) < 4.78 is 37.7. The van der Waals surface area contributed by atoms with Crippen molar-refractivity contribution >= 4 is 21.6 Å². The van der Waals surface area contributed by atoms with Gasteiger partial charge in [0, 0.05) is 37.0 Å². The van der Waals surface area contributed by atoms with E-state index in [1.165, 1.54) is 18.5 Å². The first-order chi connectivity index (χ1) is 13.9. The monoisotopic (exact) mass is 416 g/mol. The summed E-state index contributed by atoms with van der Waals surface area (Å²) in [7, 11) is -0.395. The number of benzene rings is 2. The summed E-state index contributed by atoms with van der Waals surface area (Å²) in [6, 6.07) is 10.1. The largest absolute Gasteiger partial charge is 0.497 e. The molecule has 8 heteroatoms. The molecule has 0 N–H and O–H groups in total. The van der Waals surface area contributed by atoms with Gasteiger partial charge in [-0.2, -0.15) is 4.31 Å². The first-order valence-electron chi connectivity index (χ1n) is 9.62. The number of rotatable bonds is 5. The Balaban J connectivity index is 1.63. The zero-order chi connectivity index (χ0) is 20.6. The van der Waals surface area contributed by atoms with Gasteiger partial charge in [-0.15, -0.1) is 0 Å². The van der Waals surface area contributed by atoms with Gasteiger partial charge in [0.2, 0.25) is 10.0 Å². The number of anilines is 1. The second-order valence-electron chi connectivity index (χ2n) is 7.21. The molecule has 2 heterocycles. The number of nitrogens with zero attached hydrogens (tertiary/aromatic N) is 2. The standard InChI is InChI=1S/C21H24N2O5S/c1-27-17-11-16(12-18(14-17)28-2)21(24)23-10-7-15-13-19(5-6-20(15)23)29(25,26)22-8-3-4-9-22/h5-6,11-14H,3-4,7-10H2,1-2H3. The molecule has 1 amide bonds. The highest BCUT2D eigenvalue weighted by molar-refractivity contribution is 7.89. The van der Waals surface area contributed by atoms with E-state index in [2.05, 4.69) is 0 Å². The van der Waals surface area contributed by atoms with Crippen LogP contribution >= 0.6 is 0 Å². The maximum absolute atomic E-state index is 13.1. The van der Waals surface area contributed by atoms with E-state index < -0.39 is 10.0 Å². The SMILES string of the molecule is COc1cc(OC)cc(C(=O)N2CCc3cc(S(=O)(=O)N4CCCC4)ccc32)c1. The number of carbonyl (C=O) groups is 1. The van der Waals surface area contributed by atoms with Crippen LogP contribution < -0.4 is 14.4 Å². The number of sulfonamides is 1. The van der Waals surface area contributed by atoms with Crippen LogP contribution in [-0.2, 0) is 16.4 Å². The number of methoxy groups -OCH3 is 2. The van der Waals surface area contributed by atoms with Crippen LogP contribution in [0.1, 0.15) is 28.8 Å². The topological polar surface area (TPSA) is 76.1 Å². The number of hydrogen-bond acceptors (Lipinski definition) is 5. The van der Waals surface area contributed by atoms with E-state index in [1.807, 2.05) is 0 Å². The molecule has 1 saturated heterocycles. The van der Waals surface area contributed by atoms with Gasteiger partial charge in [-0.25, -0.2) is 8.42 Å². The van der Waals surface area contributed by atoms with Crippen LogP contribution in [0.3, 0.4) is 0 Å². The third kappa shape index (κ3) is 3.58. The third-order valence-electron chi connectivity index (χ3n) is 5.49. The molecule has 2 aromatic carbocycles. The van der Waals surface area contributed by atoms with Crippen LogP contribution in [0.2, 0.25) is 0 Å². The van der Waals surface area contributed by atoms with Crippen molar-refractivity contribution in [3.8, 4) is 11.5 Å². The van der Waals surface area contributed by atoms with Crippen molar-refractivity contribution in [2.75, 3.05) is 38.8 Å². The summed E-state index contributed by atoms with van der Waals surface area (Å²) in [6.45, 7) is 1.64. The molecular formula is C21H24N2O5S. The molecule has 29 heavy (non-hydrogen) atoms. The highest BCUT2D eigenvalue weighted by Crippen LogP contribution is 2.34. The molecule has 4 rings (SSSR count). The number of carbonyl (C=O) groups excluding carboxylic acids is 1.